The van der Waals surface area contributed by atoms with Gasteiger partial charge in [0.2, 0.25) is 0 Å². The summed E-state index contributed by atoms with van der Waals surface area (Å²) in [6.07, 6.45) is -4.24. The van der Waals surface area contributed by atoms with Crippen molar-refractivity contribution >= 4 is 0 Å². The number of alkyl halides is 3. The van der Waals surface area contributed by atoms with E-state index in [4.69, 9.17) is 0 Å². The zero-order valence-electron chi connectivity index (χ0n) is 10.6. The smallest absolute Gasteiger partial charge is 0.371 e. The second-order valence-electron chi connectivity index (χ2n) is 4.34. The van der Waals surface area contributed by atoms with Crippen molar-refractivity contribution in [1.82, 2.24) is 5.32 Å². The van der Waals surface area contributed by atoms with E-state index in [2.05, 4.69) is 28.3 Å². The molecular weight excluding hydrogens is 243 g/mol. The summed E-state index contributed by atoms with van der Waals surface area (Å²) in [5, 5.41) is 3.05. The summed E-state index contributed by atoms with van der Waals surface area (Å²) in [5.74, 6) is 0. The molecule has 1 N–H and O–H groups in total. The molecule has 0 aromatic heterocycles. The van der Waals surface area contributed by atoms with E-state index in [0.29, 0.717) is 13.1 Å². The Labute approximate surface area is 105 Å². The third-order valence-corrected chi connectivity index (χ3v) is 2.30. The van der Waals surface area contributed by atoms with Crippen molar-refractivity contribution in [2.45, 2.75) is 26.6 Å². The van der Waals surface area contributed by atoms with Crippen LogP contribution >= 0.6 is 0 Å². The second kappa shape index (κ2) is 6.75. The molecule has 1 aromatic rings. The fourth-order valence-corrected chi connectivity index (χ4v) is 1.74. The minimum absolute atomic E-state index is 0.0598. The summed E-state index contributed by atoms with van der Waals surface area (Å²) in [7, 11) is 0. The number of aryl methyl sites for hydroxylation is 2. The molecule has 1 aromatic carbocycles. The van der Waals surface area contributed by atoms with Crippen LogP contribution < -0.4 is 5.32 Å². The van der Waals surface area contributed by atoms with Crippen LogP contribution in [-0.4, -0.2) is 25.9 Å². The summed E-state index contributed by atoms with van der Waals surface area (Å²) < 4.78 is 39.8. The van der Waals surface area contributed by atoms with E-state index in [1.807, 2.05) is 13.8 Å². The first-order valence-electron chi connectivity index (χ1n) is 5.79. The molecule has 0 spiro atoms. The number of benzene rings is 1. The van der Waals surface area contributed by atoms with Gasteiger partial charge in [-0.2, -0.15) is 13.2 Å². The lowest BCUT2D eigenvalue weighted by Crippen LogP contribution is -2.23. The fraction of sp³-hybridized carbons (Fsp3) is 0.538. The second-order valence-corrected chi connectivity index (χ2v) is 4.34. The summed E-state index contributed by atoms with van der Waals surface area (Å²) in [6, 6.07) is 6.18. The number of nitrogens with one attached hydrogen (secondary N) is 1. The van der Waals surface area contributed by atoms with Gasteiger partial charge in [0.25, 0.3) is 0 Å². The molecule has 0 heterocycles. The van der Waals surface area contributed by atoms with Gasteiger partial charge in [0, 0.05) is 13.1 Å². The molecule has 0 amide bonds. The van der Waals surface area contributed by atoms with Gasteiger partial charge in [0.1, 0.15) is 6.61 Å². The molecule has 102 valence electrons. The molecule has 0 saturated heterocycles. The van der Waals surface area contributed by atoms with Crippen molar-refractivity contribution in [2.24, 2.45) is 0 Å². The molecule has 0 unspecified atom stereocenters. The average molecular weight is 261 g/mol. The normalized spacial score (nSPS) is 11.8. The monoisotopic (exact) mass is 261 g/mol. The van der Waals surface area contributed by atoms with Crippen LogP contribution in [-0.2, 0) is 11.3 Å². The number of ether oxygens (including phenoxy) is 1. The van der Waals surface area contributed by atoms with Gasteiger partial charge < -0.3 is 10.1 Å². The predicted octanol–water partition coefficient (Wildman–Crippen LogP) is 2.97. The Hall–Kier alpha value is -1.07. The SMILES string of the molecule is Cc1cc(C)cc(CNCCOCC(F)(F)F)c1. The van der Waals surface area contributed by atoms with E-state index in [-0.39, 0.29) is 6.61 Å². The van der Waals surface area contributed by atoms with Crippen LogP contribution in [0.25, 0.3) is 0 Å². The lowest BCUT2D eigenvalue weighted by Gasteiger charge is -2.09. The topological polar surface area (TPSA) is 21.3 Å². The van der Waals surface area contributed by atoms with Crippen molar-refractivity contribution < 1.29 is 17.9 Å². The third-order valence-electron chi connectivity index (χ3n) is 2.30. The van der Waals surface area contributed by atoms with E-state index in [9.17, 15) is 13.2 Å². The van der Waals surface area contributed by atoms with Crippen LogP contribution in [0.15, 0.2) is 18.2 Å². The third kappa shape index (κ3) is 6.61. The Kier molecular flexibility index (Phi) is 5.62. The minimum Gasteiger partial charge on any atom is -0.371 e. The van der Waals surface area contributed by atoms with E-state index in [1.165, 1.54) is 11.1 Å². The average Bonchev–Trinajstić information content (AvgIpc) is 2.20. The van der Waals surface area contributed by atoms with Crippen molar-refractivity contribution in [3.63, 3.8) is 0 Å². The van der Waals surface area contributed by atoms with Crippen molar-refractivity contribution in [2.75, 3.05) is 19.8 Å². The Balaban J connectivity index is 2.18. The molecule has 5 heteroatoms. The molecule has 1 rings (SSSR count). The summed E-state index contributed by atoms with van der Waals surface area (Å²) >= 11 is 0. The lowest BCUT2D eigenvalue weighted by atomic mass is 10.1. The summed E-state index contributed by atoms with van der Waals surface area (Å²) in [4.78, 5) is 0. The zero-order valence-corrected chi connectivity index (χ0v) is 10.6. The van der Waals surface area contributed by atoms with Crippen molar-refractivity contribution in [1.29, 1.82) is 0 Å². The van der Waals surface area contributed by atoms with E-state index < -0.39 is 12.8 Å². The van der Waals surface area contributed by atoms with Crippen LogP contribution in [0, 0.1) is 13.8 Å². The summed E-state index contributed by atoms with van der Waals surface area (Å²) in [5.41, 5.74) is 3.49. The molecule has 18 heavy (non-hydrogen) atoms. The Bertz CT molecular complexity index is 357. The molecule has 0 aliphatic rings. The van der Waals surface area contributed by atoms with Gasteiger partial charge in [-0.05, 0) is 19.4 Å². The van der Waals surface area contributed by atoms with Gasteiger partial charge in [-0.25, -0.2) is 0 Å². The van der Waals surface area contributed by atoms with Gasteiger partial charge in [-0.1, -0.05) is 29.3 Å². The van der Waals surface area contributed by atoms with Crippen LogP contribution in [0.2, 0.25) is 0 Å². The first kappa shape index (κ1) is 15.0. The highest BCUT2D eigenvalue weighted by Gasteiger charge is 2.27. The number of halogens is 3. The van der Waals surface area contributed by atoms with Crippen molar-refractivity contribution in [3.8, 4) is 0 Å². The molecule has 0 fully saturated rings. The predicted molar refractivity (Wildman–Crippen MR) is 64.5 cm³/mol. The highest BCUT2D eigenvalue weighted by atomic mass is 19.4. The Morgan fingerprint density at radius 1 is 1.11 bits per heavy atom. The van der Waals surface area contributed by atoms with E-state index in [0.717, 1.165) is 5.56 Å². The molecule has 0 bridgehead atoms. The Morgan fingerprint density at radius 3 is 2.28 bits per heavy atom. The molecule has 0 aliphatic carbocycles. The Morgan fingerprint density at radius 2 is 1.72 bits per heavy atom. The van der Waals surface area contributed by atoms with E-state index in [1.54, 1.807) is 0 Å². The molecule has 2 nitrogen and oxygen atoms in total. The maximum Gasteiger partial charge on any atom is 0.411 e. The van der Waals surface area contributed by atoms with E-state index >= 15 is 0 Å². The molecule has 0 saturated carbocycles. The fourth-order valence-electron chi connectivity index (χ4n) is 1.74. The molecular formula is C13H18F3NO. The molecule has 0 aliphatic heterocycles. The molecule has 0 radical (unpaired) electrons. The highest BCUT2D eigenvalue weighted by molar-refractivity contribution is 5.28. The van der Waals surface area contributed by atoms with Gasteiger partial charge in [0.15, 0.2) is 0 Å². The highest BCUT2D eigenvalue weighted by Crippen LogP contribution is 2.14. The quantitative estimate of drug-likeness (QED) is 0.795. The van der Waals surface area contributed by atoms with Gasteiger partial charge in [-0.3, -0.25) is 0 Å². The van der Waals surface area contributed by atoms with Gasteiger partial charge in [0.05, 0.1) is 6.61 Å². The number of hydrogen-bond donors (Lipinski definition) is 1. The van der Waals surface area contributed by atoms with Gasteiger partial charge in [-0.15, -0.1) is 0 Å². The lowest BCUT2D eigenvalue weighted by molar-refractivity contribution is -0.173. The summed E-state index contributed by atoms with van der Waals surface area (Å²) in [6.45, 7) is 3.95. The van der Waals surface area contributed by atoms with Crippen LogP contribution in [0.1, 0.15) is 16.7 Å². The molecule has 0 atom stereocenters. The zero-order chi connectivity index (χ0) is 13.6. The maximum atomic E-state index is 11.8. The minimum atomic E-state index is -4.24. The van der Waals surface area contributed by atoms with Gasteiger partial charge >= 0.3 is 6.18 Å². The van der Waals surface area contributed by atoms with Crippen LogP contribution in [0.5, 0.6) is 0 Å². The van der Waals surface area contributed by atoms with Crippen molar-refractivity contribution in [3.05, 3.63) is 34.9 Å². The first-order chi connectivity index (χ1) is 8.37. The van der Waals surface area contributed by atoms with Crippen LogP contribution in [0.4, 0.5) is 13.2 Å². The van der Waals surface area contributed by atoms with Crippen LogP contribution in [0.3, 0.4) is 0 Å². The first-order valence-corrected chi connectivity index (χ1v) is 5.79. The largest absolute Gasteiger partial charge is 0.411 e. The number of rotatable bonds is 6. The standard InChI is InChI=1S/C13H18F3NO/c1-10-5-11(2)7-12(6-10)8-17-3-4-18-9-13(14,15)16/h5-7,17H,3-4,8-9H2,1-2H3. The maximum absolute atomic E-state index is 11.8. The number of hydrogen-bond acceptors (Lipinski definition) is 2.